The first-order valence-corrected chi connectivity index (χ1v) is 8.86. The summed E-state index contributed by atoms with van der Waals surface area (Å²) >= 11 is 1.32. The van der Waals surface area contributed by atoms with Gasteiger partial charge >= 0.3 is 5.97 Å². The number of rotatable bonds is 7. The van der Waals surface area contributed by atoms with Crippen molar-refractivity contribution in [3.8, 4) is 0 Å². The Kier molecular flexibility index (Phi) is 4.86. The lowest BCUT2D eigenvalue weighted by molar-refractivity contribution is -0.133. The van der Waals surface area contributed by atoms with Gasteiger partial charge in [0.15, 0.2) is 0 Å². The second-order valence-electron chi connectivity index (χ2n) is 5.79. The van der Waals surface area contributed by atoms with Gasteiger partial charge in [-0.05, 0) is 28.7 Å². The summed E-state index contributed by atoms with van der Waals surface area (Å²) in [7, 11) is 0. The smallest absolute Gasteiger partial charge is 0.313 e. The molecule has 3 rings (SSSR count). The highest BCUT2D eigenvalue weighted by molar-refractivity contribution is 7.99. The molecule has 0 radical (unpaired) electrons. The molecule has 120 valence electrons. The van der Waals surface area contributed by atoms with Crippen LogP contribution in [-0.4, -0.2) is 35.0 Å². The molecule has 0 aliphatic heterocycles. The maximum Gasteiger partial charge on any atom is 0.313 e. The van der Waals surface area contributed by atoms with Gasteiger partial charge in [0.2, 0.25) is 5.91 Å². The SMILES string of the molecule is O=C(O)CSCCNC(=O)C1CC1c1ccc2ccccc2c1. The first kappa shape index (κ1) is 15.9. The van der Waals surface area contributed by atoms with Gasteiger partial charge < -0.3 is 10.4 Å². The molecule has 0 heterocycles. The lowest BCUT2D eigenvalue weighted by atomic mass is 10.0. The van der Waals surface area contributed by atoms with E-state index in [2.05, 4.69) is 35.6 Å². The standard InChI is InChI=1S/C18H19NO3S/c20-17(21)11-23-8-7-19-18(22)16-10-15(16)14-6-5-12-3-1-2-4-13(12)9-14/h1-6,9,15-16H,7-8,10-11H2,(H,19,22)(H,20,21). The number of carbonyl (C=O) groups is 2. The van der Waals surface area contributed by atoms with Gasteiger partial charge in [0.05, 0.1) is 5.75 Å². The number of hydrogen-bond acceptors (Lipinski definition) is 3. The first-order valence-electron chi connectivity index (χ1n) is 7.71. The van der Waals surface area contributed by atoms with Gasteiger partial charge in [-0.2, -0.15) is 0 Å². The predicted octanol–water partition coefficient (Wildman–Crippen LogP) is 2.88. The minimum atomic E-state index is -0.820. The Bertz CT molecular complexity index is 731. The van der Waals surface area contributed by atoms with Gasteiger partial charge in [-0.25, -0.2) is 0 Å². The van der Waals surface area contributed by atoms with E-state index in [-0.39, 0.29) is 17.6 Å². The third-order valence-electron chi connectivity index (χ3n) is 4.10. The molecular formula is C18H19NO3S. The highest BCUT2D eigenvalue weighted by Crippen LogP contribution is 2.48. The van der Waals surface area contributed by atoms with Crippen LogP contribution >= 0.6 is 11.8 Å². The van der Waals surface area contributed by atoms with E-state index in [9.17, 15) is 9.59 Å². The van der Waals surface area contributed by atoms with Gasteiger partial charge in [-0.1, -0.05) is 42.5 Å². The molecule has 1 aliphatic rings. The molecule has 1 saturated carbocycles. The summed E-state index contributed by atoms with van der Waals surface area (Å²) in [5.41, 5.74) is 1.23. The molecule has 1 amide bonds. The highest BCUT2D eigenvalue weighted by atomic mass is 32.2. The number of benzene rings is 2. The minimum absolute atomic E-state index is 0.0561. The molecule has 1 fully saturated rings. The average molecular weight is 329 g/mol. The van der Waals surface area contributed by atoms with Crippen molar-refractivity contribution in [1.82, 2.24) is 5.32 Å². The van der Waals surface area contributed by atoms with E-state index in [0.29, 0.717) is 18.2 Å². The molecule has 0 saturated heterocycles. The summed E-state index contributed by atoms with van der Waals surface area (Å²) in [6.07, 6.45) is 0.895. The Morgan fingerprint density at radius 3 is 2.74 bits per heavy atom. The number of carboxylic acid groups (broad SMARTS) is 1. The molecule has 2 aromatic rings. The van der Waals surface area contributed by atoms with Crippen LogP contribution in [0.4, 0.5) is 0 Å². The summed E-state index contributed by atoms with van der Waals surface area (Å²) in [6, 6.07) is 14.6. The zero-order valence-electron chi connectivity index (χ0n) is 12.7. The van der Waals surface area contributed by atoms with Crippen molar-refractivity contribution in [2.75, 3.05) is 18.1 Å². The van der Waals surface area contributed by atoms with Gasteiger partial charge in [0.1, 0.15) is 0 Å². The van der Waals surface area contributed by atoms with Crippen molar-refractivity contribution in [2.24, 2.45) is 5.92 Å². The van der Waals surface area contributed by atoms with Crippen LogP contribution < -0.4 is 5.32 Å². The summed E-state index contributed by atoms with van der Waals surface area (Å²) < 4.78 is 0. The molecule has 0 spiro atoms. The molecule has 0 aromatic heterocycles. The Morgan fingerprint density at radius 1 is 1.17 bits per heavy atom. The van der Waals surface area contributed by atoms with E-state index < -0.39 is 5.97 Å². The van der Waals surface area contributed by atoms with Crippen LogP contribution in [0.2, 0.25) is 0 Å². The van der Waals surface area contributed by atoms with E-state index in [0.717, 1.165) is 6.42 Å². The summed E-state index contributed by atoms with van der Waals surface area (Å²) in [5.74, 6) is 0.343. The molecule has 4 nitrogen and oxygen atoms in total. The van der Waals surface area contributed by atoms with Gasteiger partial charge in [0.25, 0.3) is 0 Å². The van der Waals surface area contributed by atoms with Crippen LogP contribution in [0.15, 0.2) is 42.5 Å². The molecule has 23 heavy (non-hydrogen) atoms. The fraction of sp³-hybridized carbons (Fsp3) is 0.333. The zero-order valence-corrected chi connectivity index (χ0v) is 13.5. The topological polar surface area (TPSA) is 66.4 Å². The predicted molar refractivity (Wildman–Crippen MR) is 92.8 cm³/mol. The van der Waals surface area contributed by atoms with Crippen molar-refractivity contribution in [2.45, 2.75) is 12.3 Å². The molecular weight excluding hydrogens is 310 g/mol. The largest absolute Gasteiger partial charge is 0.481 e. The van der Waals surface area contributed by atoms with Crippen molar-refractivity contribution in [1.29, 1.82) is 0 Å². The van der Waals surface area contributed by atoms with E-state index in [1.165, 1.54) is 28.1 Å². The Morgan fingerprint density at radius 2 is 1.96 bits per heavy atom. The Balaban J connectivity index is 1.50. The Hall–Kier alpha value is -2.01. The number of carbonyl (C=O) groups excluding carboxylic acids is 1. The second kappa shape index (κ2) is 7.04. The number of fused-ring (bicyclic) bond motifs is 1. The minimum Gasteiger partial charge on any atom is -0.481 e. The van der Waals surface area contributed by atoms with Crippen molar-refractivity contribution >= 4 is 34.4 Å². The van der Waals surface area contributed by atoms with Crippen molar-refractivity contribution < 1.29 is 14.7 Å². The van der Waals surface area contributed by atoms with Crippen molar-refractivity contribution in [3.05, 3.63) is 48.0 Å². The maximum atomic E-state index is 12.1. The third kappa shape index (κ3) is 4.05. The summed E-state index contributed by atoms with van der Waals surface area (Å²) in [5, 5.41) is 13.9. The fourth-order valence-electron chi connectivity index (χ4n) is 2.83. The monoisotopic (exact) mass is 329 g/mol. The van der Waals surface area contributed by atoms with Crippen LogP contribution in [0.25, 0.3) is 10.8 Å². The zero-order chi connectivity index (χ0) is 16.2. The van der Waals surface area contributed by atoms with Gasteiger partial charge in [0, 0.05) is 18.2 Å². The maximum absolute atomic E-state index is 12.1. The molecule has 2 N–H and O–H groups in total. The molecule has 2 atom stereocenters. The second-order valence-corrected chi connectivity index (χ2v) is 6.90. The van der Waals surface area contributed by atoms with Crippen LogP contribution in [-0.2, 0) is 9.59 Å². The van der Waals surface area contributed by atoms with Crippen LogP contribution in [0.3, 0.4) is 0 Å². The fourth-order valence-corrected chi connectivity index (χ4v) is 3.39. The normalized spacial score (nSPS) is 19.5. The molecule has 1 aliphatic carbocycles. The van der Waals surface area contributed by atoms with E-state index in [1.54, 1.807) is 0 Å². The molecule has 2 unspecified atom stereocenters. The van der Waals surface area contributed by atoms with E-state index in [4.69, 9.17) is 5.11 Å². The van der Waals surface area contributed by atoms with Crippen LogP contribution in [0.1, 0.15) is 17.9 Å². The van der Waals surface area contributed by atoms with Crippen LogP contribution in [0, 0.1) is 5.92 Å². The number of carboxylic acids is 1. The molecule has 5 heteroatoms. The summed E-state index contributed by atoms with van der Waals surface area (Å²) in [6.45, 7) is 0.526. The number of aliphatic carboxylic acids is 1. The molecule has 2 aromatic carbocycles. The van der Waals surface area contributed by atoms with Gasteiger partial charge in [-0.3, -0.25) is 9.59 Å². The van der Waals surface area contributed by atoms with E-state index >= 15 is 0 Å². The molecule has 0 bridgehead atoms. The lowest BCUT2D eigenvalue weighted by Gasteiger charge is -2.05. The first-order chi connectivity index (χ1) is 11.1. The number of amides is 1. The van der Waals surface area contributed by atoms with Gasteiger partial charge in [-0.15, -0.1) is 11.8 Å². The quantitative estimate of drug-likeness (QED) is 0.767. The Labute approximate surface area is 139 Å². The van der Waals surface area contributed by atoms with E-state index in [1.807, 2.05) is 12.1 Å². The average Bonchev–Trinajstić information content (AvgIpc) is 3.34. The summed E-state index contributed by atoms with van der Waals surface area (Å²) in [4.78, 5) is 22.5. The van der Waals surface area contributed by atoms with Crippen molar-refractivity contribution in [3.63, 3.8) is 0 Å². The third-order valence-corrected chi connectivity index (χ3v) is 5.04. The lowest BCUT2D eigenvalue weighted by Crippen LogP contribution is -2.27. The van der Waals surface area contributed by atoms with Crippen LogP contribution in [0.5, 0.6) is 0 Å². The number of hydrogen-bond donors (Lipinski definition) is 2. The number of thioether (sulfide) groups is 1. The number of nitrogens with one attached hydrogen (secondary N) is 1. The highest BCUT2D eigenvalue weighted by Gasteiger charge is 2.43.